The minimum atomic E-state index is -0.711. The molecule has 0 saturated heterocycles. The van der Waals surface area contributed by atoms with Crippen LogP contribution in [0.4, 0.5) is 10.2 Å². The van der Waals surface area contributed by atoms with Crippen molar-refractivity contribution in [1.29, 1.82) is 5.26 Å². The first-order valence-electron chi connectivity index (χ1n) is 6.87. The lowest BCUT2D eigenvalue weighted by Gasteiger charge is -2.19. The van der Waals surface area contributed by atoms with Crippen LogP contribution in [-0.2, 0) is 0 Å². The Labute approximate surface area is 131 Å². The Kier molecular flexibility index (Phi) is 3.81. The number of halogens is 1. The van der Waals surface area contributed by atoms with E-state index in [1.165, 1.54) is 13.3 Å². The van der Waals surface area contributed by atoms with Crippen molar-refractivity contribution >= 4 is 16.7 Å². The first kappa shape index (κ1) is 14.8. The lowest BCUT2D eigenvalue weighted by atomic mass is 10.2. The largest absolute Gasteiger partial charge is 0.486 e. The van der Waals surface area contributed by atoms with Gasteiger partial charge in [0.05, 0.1) is 22.9 Å². The SMILES string of the molecule is C=C(Nc1ncnc2cc3c(cc12)OCCO3)/C(F)=C(\C)C#N. The highest BCUT2D eigenvalue weighted by atomic mass is 19.1. The molecule has 23 heavy (non-hydrogen) atoms. The van der Waals surface area contributed by atoms with Crippen molar-refractivity contribution in [2.24, 2.45) is 0 Å². The van der Waals surface area contributed by atoms with Gasteiger partial charge in [0.15, 0.2) is 17.3 Å². The van der Waals surface area contributed by atoms with Gasteiger partial charge in [0.25, 0.3) is 0 Å². The monoisotopic (exact) mass is 312 g/mol. The zero-order valence-corrected chi connectivity index (χ0v) is 12.4. The Hall–Kier alpha value is -3.14. The van der Waals surface area contributed by atoms with E-state index < -0.39 is 5.83 Å². The number of benzene rings is 1. The van der Waals surface area contributed by atoms with Crippen LogP contribution in [0, 0.1) is 11.3 Å². The molecule has 0 unspecified atom stereocenters. The zero-order valence-electron chi connectivity index (χ0n) is 12.4. The molecule has 0 radical (unpaired) electrons. The molecule has 0 bridgehead atoms. The van der Waals surface area contributed by atoms with E-state index in [0.29, 0.717) is 41.4 Å². The molecule has 0 amide bonds. The molecular formula is C16H13FN4O2. The number of hydrogen-bond donors (Lipinski definition) is 1. The molecule has 1 aliphatic heterocycles. The number of nitrogens with one attached hydrogen (secondary N) is 1. The molecule has 116 valence electrons. The van der Waals surface area contributed by atoms with Gasteiger partial charge in [0, 0.05) is 11.5 Å². The van der Waals surface area contributed by atoms with Crippen LogP contribution in [0.25, 0.3) is 10.9 Å². The number of rotatable bonds is 3. The predicted molar refractivity (Wildman–Crippen MR) is 82.7 cm³/mol. The number of ether oxygens (including phenoxy) is 2. The Bertz CT molecular complexity index is 870. The first-order chi connectivity index (χ1) is 11.1. The van der Waals surface area contributed by atoms with Gasteiger partial charge in [0.1, 0.15) is 25.4 Å². The molecule has 1 aromatic carbocycles. The number of hydrogen-bond acceptors (Lipinski definition) is 6. The third-order valence-electron chi connectivity index (χ3n) is 3.33. The van der Waals surface area contributed by atoms with E-state index in [2.05, 4.69) is 21.9 Å². The van der Waals surface area contributed by atoms with Gasteiger partial charge >= 0.3 is 0 Å². The lowest BCUT2D eigenvalue weighted by molar-refractivity contribution is 0.172. The second kappa shape index (κ2) is 5.93. The number of fused-ring (bicyclic) bond motifs is 2. The summed E-state index contributed by atoms with van der Waals surface area (Å²) in [5, 5.41) is 12.2. The summed E-state index contributed by atoms with van der Waals surface area (Å²) in [5.41, 5.74) is 0.523. The van der Waals surface area contributed by atoms with Crippen molar-refractivity contribution in [3.63, 3.8) is 0 Å². The Balaban J connectivity index is 2.02. The fourth-order valence-corrected chi connectivity index (χ4v) is 2.17. The highest BCUT2D eigenvalue weighted by Gasteiger charge is 2.16. The highest BCUT2D eigenvalue weighted by Crippen LogP contribution is 2.36. The van der Waals surface area contributed by atoms with Crippen molar-refractivity contribution in [2.45, 2.75) is 6.92 Å². The van der Waals surface area contributed by atoms with E-state index >= 15 is 0 Å². The Morgan fingerprint density at radius 3 is 2.70 bits per heavy atom. The number of anilines is 1. The Morgan fingerprint density at radius 1 is 1.30 bits per heavy atom. The van der Waals surface area contributed by atoms with Crippen molar-refractivity contribution in [3.05, 3.63) is 42.1 Å². The smallest absolute Gasteiger partial charge is 0.163 e. The second-order valence-electron chi connectivity index (χ2n) is 4.89. The van der Waals surface area contributed by atoms with Gasteiger partial charge < -0.3 is 14.8 Å². The number of nitriles is 1. The molecule has 0 aliphatic carbocycles. The van der Waals surface area contributed by atoms with E-state index in [1.54, 1.807) is 18.2 Å². The van der Waals surface area contributed by atoms with Crippen LogP contribution in [-0.4, -0.2) is 23.2 Å². The maximum atomic E-state index is 14.0. The Morgan fingerprint density at radius 2 is 2.00 bits per heavy atom. The average molecular weight is 312 g/mol. The predicted octanol–water partition coefficient (Wildman–Crippen LogP) is 3.09. The summed E-state index contributed by atoms with van der Waals surface area (Å²) in [7, 11) is 0. The van der Waals surface area contributed by atoms with Crippen molar-refractivity contribution in [2.75, 3.05) is 18.5 Å². The zero-order chi connectivity index (χ0) is 16.4. The molecule has 3 rings (SSSR count). The molecular weight excluding hydrogens is 299 g/mol. The van der Waals surface area contributed by atoms with Gasteiger partial charge in [-0.15, -0.1) is 0 Å². The van der Waals surface area contributed by atoms with E-state index in [9.17, 15) is 4.39 Å². The molecule has 1 aromatic heterocycles. The molecule has 1 N–H and O–H groups in total. The normalized spacial score (nSPS) is 14.0. The fourth-order valence-electron chi connectivity index (χ4n) is 2.17. The summed E-state index contributed by atoms with van der Waals surface area (Å²) < 4.78 is 25.0. The molecule has 0 atom stereocenters. The van der Waals surface area contributed by atoms with Crippen LogP contribution in [0.2, 0.25) is 0 Å². The van der Waals surface area contributed by atoms with Crippen molar-refractivity contribution in [1.82, 2.24) is 9.97 Å². The van der Waals surface area contributed by atoms with Gasteiger partial charge in [-0.3, -0.25) is 0 Å². The van der Waals surface area contributed by atoms with Gasteiger partial charge in [-0.25, -0.2) is 14.4 Å². The van der Waals surface area contributed by atoms with E-state index in [-0.39, 0.29) is 11.3 Å². The first-order valence-corrected chi connectivity index (χ1v) is 6.87. The molecule has 2 heterocycles. The third kappa shape index (κ3) is 2.79. The van der Waals surface area contributed by atoms with Crippen molar-refractivity contribution in [3.8, 4) is 17.6 Å². The average Bonchev–Trinajstić information content (AvgIpc) is 2.59. The number of aromatic nitrogens is 2. The minimum absolute atomic E-state index is 0.0426. The van der Waals surface area contributed by atoms with Crippen LogP contribution < -0.4 is 14.8 Å². The summed E-state index contributed by atoms with van der Waals surface area (Å²) >= 11 is 0. The van der Waals surface area contributed by atoms with Gasteiger partial charge in [-0.05, 0) is 13.0 Å². The van der Waals surface area contributed by atoms with Crippen LogP contribution >= 0.6 is 0 Å². The van der Waals surface area contributed by atoms with Crippen LogP contribution in [0.1, 0.15) is 6.92 Å². The molecule has 0 fully saturated rings. The minimum Gasteiger partial charge on any atom is -0.486 e. The molecule has 7 heteroatoms. The third-order valence-corrected chi connectivity index (χ3v) is 3.33. The molecule has 2 aromatic rings. The van der Waals surface area contributed by atoms with Gasteiger partial charge in [-0.1, -0.05) is 6.58 Å². The summed E-state index contributed by atoms with van der Waals surface area (Å²) in [4.78, 5) is 8.29. The molecule has 0 spiro atoms. The summed E-state index contributed by atoms with van der Waals surface area (Å²) in [6, 6.07) is 5.22. The summed E-state index contributed by atoms with van der Waals surface area (Å²) in [6.45, 7) is 5.92. The fraction of sp³-hybridized carbons (Fsp3) is 0.188. The molecule has 6 nitrogen and oxygen atoms in total. The van der Waals surface area contributed by atoms with E-state index in [4.69, 9.17) is 14.7 Å². The summed E-state index contributed by atoms with van der Waals surface area (Å²) in [5.74, 6) is 0.852. The quantitative estimate of drug-likeness (QED) is 0.693. The number of allylic oxidation sites excluding steroid dienone is 2. The van der Waals surface area contributed by atoms with Crippen molar-refractivity contribution < 1.29 is 13.9 Å². The maximum Gasteiger partial charge on any atom is 0.163 e. The van der Waals surface area contributed by atoms with Crippen LogP contribution in [0.3, 0.4) is 0 Å². The standard InChI is InChI=1S/C16H13FN4O2/c1-9(7-18)15(17)10(2)21-16-11-5-13-14(23-4-3-22-13)6-12(11)19-8-20-16/h5-6,8H,2-4H2,1H3,(H,19,20,21)/b15-9-. The highest BCUT2D eigenvalue weighted by molar-refractivity contribution is 5.92. The maximum absolute atomic E-state index is 14.0. The second-order valence-corrected chi connectivity index (χ2v) is 4.89. The lowest BCUT2D eigenvalue weighted by Crippen LogP contribution is -2.15. The summed E-state index contributed by atoms with van der Waals surface area (Å²) in [6.07, 6.45) is 1.35. The number of nitrogens with zero attached hydrogens (tertiary/aromatic N) is 3. The molecule has 0 saturated carbocycles. The van der Waals surface area contributed by atoms with E-state index in [1.807, 2.05) is 0 Å². The topological polar surface area (TPSA) is 80.1 Å². The molecule has 1 aliphatic rings. The van der Waals surface area contributed by atoms with Gasteiger partial charge in [-0.2, -0.15) is 5.26 Å². The van der Waals surface area contributed by atoms with Gasteiger partial charge in [0.2, 0.25) is 0 Å². The van der Waals surface area contributed by atoms with Crippen LogP contribution in [0.5, 0.6) is 11.5 Å². The van der Waals surface area contributed by atoms with Crippen LogP contribution in [0.15, 0.2) is 42.1 Å². The van der Waals surface area contributed by atoms with E-state index in [0.717, 1.165) is 0 Å².